The molecule has 256 valence electrons. The van der Waals surface area contributed by atoms with Crippen molar-refractivity contribution in [2.45, 2.75) is 39.0 Å². The Labute approximate surface area is 286 Å². The number of carbonyl (C=O) groups excluding carboxylic acids is 2. The molecule has 4 aromatic rings. The fourth-order valence-corrected chi connectivity index (χ4v) is 5.96. The standard InChI is InChI=1S/C38H42N4O7/c1-25-20-42(26(2)23-43)37(44)18-28-17-29(39-38(45)40-30-12-16-34-35(19-30)47-24-46-34)11-15-33(28)49-36(25)22-41(3)21-27-9-13-32(14-10-27)48-31-7-5-4-6-8-31/h4-17,19,25-26,36,43H,18,20-24H2,1-3H3,(H2,39,40,45)/t25-,26-,36+/m0/s1. The van der Waals surface area contributed by atoms with E-state index in [9.17, 15) is 14.7 Å². The van der Waals surface area contributed by atoms with Crippen molar-refractivity contribution in [3.05, 3.63) is 102 Å². The molecule has 0 fully saturated rings. The number of amides is 3. The van der Waals surface area contributed by atoms with E-state index in [4.69, 9.17) is 18.9 Å². The third-order valence-electron chi connectivity index (χ3n) is 8.65. The molecule has 49 heavy (non-hydrogen) atoms. The van der Waals surface area contributed by atoms with E-state index >= 15 is 0 Å². The second kappa shape index (κ2) is 15.3. The van der Waals surface area contributed by atoms with Gasteiger partial charge in [-0.05, 0) is 74.1 Å². The zero-order chi connectivity index (χ0) is 34.3. The molecule has 2 heterocycles. The summed E-state index contributed by atoms with van der Waals surface area (Å²) in [6, 6.07) is 27.4. The van der Waals surface area contributed by atoms with Gasteiger partial charge < -0.3 is 39.6 Å². The largest absolute Gasteiger partial charge is 0.488 e. The summed E-state index contributed by atoms with van der Waals surface area (Å²) in [6.07, 6.45) is -0.206. The molecule has 3 N–H and O–H groups in total. The van der Waals surface area contributed by atoms with E-state index < -0.39 is 6.03 Å². The van der Waals surface area contributed by atoms with Crippen molar-refractivity contribution < 1.29 is 33.6 Å². The maximum Gasteiger partial charge on any atom is 0.323 e. The van der Waals surface area contributed by atoms with E-state index in [1.165, 1.54) is 0 Å². The van der Waals surface area contributed by atoms with Gasteiger partial charge in [0, 0.05) is 48.6 Å². The SMILES string of the molecule is C[C@H]1CN([C@@H](C)CO)C(=O)Cc2cc(NC(=O)Nc3ccc4c(c3)OCO4)ccc2O[C@@H]1CN(C)Cc1ccc(Oc2ccccc2)cc1. The van der Waals surface area contributed by atoms with E-state index in [1.807, 2.05) is 56.4 Å². The van der Waals surface area contributed by atoms with Crippen LogP contribution in [0.15, 0.2) is 91.0 Å². The molecule has 0 saturated heterocycles. The molecule has 6 rings (SSSR count). The molecule has 3 atom stereocenters. The van der Waals surface area contributed by atoms with Crippen LogP contribution in [-0.4, -0.2) is 72.5 Å². The van der Waals surface area contributed by atoms with Crippen molar-refractivity contribution in [2.24, 2.45) is 5.92 Å². The van der Waals surface area contributed by atoms with E-state index in [2.05, 4.69) is 34.6 Å². The summed E-state index contributed by atoms with van der Waals surface area (Å²) < 4.78 is 23.4. The minimum atomic E-state index is -0.447. The molecule has 11 heteroatoms. The summed E-state index contributed by atoms with van der Waals surface area (Å²) in [5, 5.41) is 15.7. The lowest BCUT2D eigenvalue weighted by molar-refractivity contribution is -0.134. The number of aliphatic hydroxyl groups is 1. The Balaban J connectivity index is 1.15. The Hall–Kier alpha value is -5.26. The third kappa shape index (κ3) is 8.62. The number of hydrogen-bond acceptors (Lipinski definition) is 8. The van der Waals surface area contributed by atoms with Crippen LogP contribution in [0.5, 0.6) is 28.7 Å². The van der Waals surface area contributed by atoms with E-state index in [0.717, 1.165) is 17.1 Å². The van der Waals surface area contributed by atoms with Gasteiger partial charge in [-0.25, -0.2) is 4.79 Å². The lowest BCUT2D eigenvalue weighted by atomic mass is 10.0. The fraction of sp³-hybridized carbons (Fsp3) is 0.316. The predicted octanol–water partition coefficient (Wildman–Crippen LogP) is 6.13. The average molecular weight is 667 g/mol. The Morgan fingerprint density at radius 3 is 2.35 bits per heavy atom. The highest BCUT2D eigenvalue weighted by Crippen LogP contribution is 2.34. The molecular formula is C38H42N4O7. The first-order valence-corrected chi connectivity index (χ1v) is 16.4. The first-order valence-electron chi connectivity index (χ1n) is 16.4. The van der Waals surface area contributed by atoms with Crippen molar-refractivity contribution in [3.8, 4) is 28.7 Å². The van der Waals surface area contributed by atoms with E-state index in [0.29, 0.717) is 53.8 Å². The van der Waals surface area contributed by atoms with Crippen molar-refractivity contribution >= 4 is 23.3 Å². The number of nitrogens with zero attached hydrogens (tertiary/aromatic N) is 2. The van der Waals surface area contributed by atoms with Gasteiger partial charge in [0.05, 0.1) is 19.1 Å². The number of urea groups is 1. The number of likely N-dealkylation sites (N-methyl/N-ethyl adjacent to an activating group) is 1. The summed E-state index contributed by atoms with van der Waals surface area (Å²) >= 11 is 0. The van der Waals surface area contributed by atoms with Crippen molar-refractivity contribution in [1.29, 1.82) is 0 Å². The number of fused-ring (bicyclic) bond motifs is 2. The second-order valence-electron chi connectivity index (χ2n) is 12.6. The average Bonchev–Trinajstić information content (AvgIpc) is 3.57. The zero-order valence-corrected chi connectivity index (χ0v) is 27.9. The number of ether oxygens (including phenoxy) is 4. The molecule has 0 bridgehead atoms. The van der Waals surface area contributed by atoms with Gasteiger partial charge in [0.25, 0.3) is 0 Å². The number of anilines is 2. The van der Waals surface area contributed by atoms with Crippen LogP contribution in [0.25, 0.3) is 0 Å². The zero-order valence-electron chi connectivity index (χ0n) is 27.9. The molecule has 11 nitrogen and oxygen atoms in total. The van der Waals surface area contributed by atoms with Crippen LogP contribution in [0.1, 0.15) is 25.0 Å². The van der Waals surface area contributed by atoms with Crippen molar-refractivity contribution in [1.82, 2.24) is 9.80 Å². The van der Waals surface area contributed by atoms with E-state index in [-0.39, 0.29) is 43.8 Å². The second-order valence-corrected chi connectivity index (χ2v) is 12.6. The molecule has 3 amide bonds. The number of rotatable bonds is 10. The van der Waals surface area contributed by atoms with Crippen molar-refractivity contribution in [2.75, 3.05) is 44.2 Å². The summed E-state index contributed by atoms with van der Waals surface area (Å²) in [7, 11) is 2.04. The monoisotopic (exact) mass is 666 g/mol. The highest BCUT2D eigenvalue weighted by molar-refractivity contribution is 6.00. The number of hydrogen-bond donors (Lipinski definition) is 3. The van der Waals surface area contributed by atoms with Crippen molar-refractivity contribution in [3.63, 3.8) is 0 Å². The maximum atomic E-state index is 13.6. The summed E-state index contributed by atoms with van der Waals surface area (Å²) in [6.45, 7) is 5.61. The minimum Gasteiger partial charge on any atom is -0.488 e. The smallest absolute Gasteiger partial charge is 0.323 e. The van der Waals surface area contributed by atoms with Gasteiger partial charge in [-0.15, -0.1) is 0 Å². The Morgan fingerprint density at radius 2 is 1.61 bits per heavy atom. The lowest BCUT2D eigenvalue weighted by Crippen LogP contribution is -2.47. The summed E-state index contributed by atoms with van der Waals surface area (Å²) in [5.74, 6) is 3.17. The Bertz CT molecular complexity index is 1750. The summed E-state index contributed by atoms with van der Waals surface area (Å²) in [5.41, 5.74) is 2.83. The molecule has 0 spiro atoms. The van der Waals surface area contributed by atoms with Crippen LogP contribution in [0, 0.1) is 5.92 Å². The molecule has 2 aliphatic rings. The van der Waals surface area contributed by atoms with Crippen LogP contribution in [0.2, 0.25) is 0 Å². The van der Waals surface area contributed by atoms with Gasteiger partial charge in [-0.1, -0.05) is 37.3 Å². The third-order valence-corrected chi connectivity index (χ3v) is 8.65. The fourth-order valence-electron chi connectivity index (χ4n) is 5.96. The highest BCUT2D eigenvalue weighted by atomic mass is 16.7. The topological polar surface area (TPSA) is 122 Å². The predicted molar refractivity (Wildman–Crippen MR) is 186 cm³/mol. The minimum absolute atomic E-state index is 0.0433. The van der Waals surface area contributed by atoms with Crippen LogP contribution >= 0.6 is 0 Å². The first-order chi connectivity index (χ1) is 23.7. The van der Waals surface area contributed by atoms with E-state index in [1.54, 1.807) is 41.3 Å². The van der Waals surface area contributed by atoms with Crippen LogP contribution in [0.3, 0.4) is 0 Å². The number of para-hydroxylation sites is 1. The van der Waals surface area contributed by atoms with Crippen LogP contribution < -0.4 is 29.6 Å². The number of benzene rings is 4. The van der Waals surface area contributed by atoms with Gasteiger partial charge >= 0.3 is 6.03 Å². The van der Waals surface area contributed by atoms with Gasteiger partial charge in [0.1, 0.15) is 23.4 Å². The summed E-state index contributed by atoms with van der Waals surface area (Å²) in [4.78, 5) is 30.5. The number of nitrogens with one attached hydrogen (secondary N) is 2. The molecule has 0 aliphatic carbocycles. The number of aliphatic hydroxyl groups excluding tert-OH is 1. The molecule has 0 saturated carbocycles. The van der Waals surface area contributed by atoms with Crippen LogP contribution in [0.4, 0.5) is 16.2 Å². The Kier molecular flexibility index (Phi) is 10.5. The highest BCUT2D eigenvalue weighted by Gasteiger charge is 2.31. The molecule has 0 aromatic heterocycles. The number of carbonyl (C=O) groups is 2. The van der Waals surface area contributed by atoms with Crippen LogP contribution in [-0.2, 0) is 17.8 Å². The molecule has 0 unspecified atom stereocenters. The normalized spacial score (nSPS) is 17.7. The Morgan fingerprint density at radius 1 is 0.939 bits per heavy atom. The maximum absolute atomic E-state index is 13.6. The first kappa shape index (κ1) is 33.6. The molecule has 0 radical (unpaired) electrons. The quantitative estimate of drug-likeness (QED) is 0.185. The van der Waals surface area contributed by atoms with Gasteiger partial charge in [0.2, 0.25) is 12.7 Å². The molecule has 2 aliphatic heterocycles. The molecular weight excluding hydrogens is 624 g/mol. The van der Waals surface area contributed by atoms with Gasteiger partial charge in [0.15, 0.2) is 11.5 Å². The lowest BCUT2D eigenvalue weighted by Gasteiger charge is -2.34. The van der Waals surface area contributed by atoms with Gasteiger partial charge in [-0.2, -0.15) is 0 Å². The van der Waals surface area contributed by atoms with Gasteiger partial charge in [-0.3, -0.25) is 9.69 Å². The molecule has 4 aromatic carbocycles.